The molecule has 0 bridgehead atoms. The lowest BCUT2D eigenvalue weighted by Crippen LogP contribution is -2.16. The number of methoxy groups -OCH3 is 1. The fourth-order valence-electron chi connectivity index (χ4n) is 1.60. The normalized spacial score (nSPS) is 10.6. The summed E-state index contributed by atoms with van der Waals surface area (Å²) >= 11 is 0. The van der Waals surface area contributed by atoms with Crippen LogP contribution in [0.5, 0.6) is 5.75 Å². The first kappa shape index (κ1) is 14.9. The van der Waals surface area contributed by atoms with E-state index in [0.717, 1.165) is 38.2 Å². The lowest BCUT2D eigenvalue weighted by Gasteiger charge is -2.07. The predicted molar refractivity (Wildman–Crippen MR) is 70.4 cm³/mol. The lowest BCUT2D eigenvalue weighted by atomic mass is 10.2. The van der Waals surface area contributed by atoms with Crippen LogP contribution in [0.4, 0.5) is 4.39 Å². The molecule has 0 spiro atoms. The fourth-order valence-corrected chi connectivity index (χ4v) is 1.60. The zero-order valence-corrected chi connectivity index (χ0v) is 11.2. The molecule has 102 valence electrons. The van der Waals surface area contributed by atoms with E-state index in [1.165, 1.54) is 13.2 Å². The van der Waals surface area contributed by atoms with Crippen molar-refractivity contribution in [3.05, 3.63) is 29.6 Å². The molecular weight excluding hydrogens is 233 g/mol. The van der Waals surface area contributed by atoms with Crippen molar-refractivity contribution in [3.63, 3.8) is 0 Å². The average Bonchev–Trinajstić information content (AvgIpc) is 2.38. The van der Waals surface area contributed by atoms with Crippen LogP contribution in [0.15, 0.2) is 18.2 Å². The highest BCUT2D eigenvalue weighted by Crippen LogP contribution is 2.17. The van der Waals surface area contributed by atoms with Crippen LogP contribution in [0.1, 0.15) is 25.3 Å². The minimum absolute atomic E-state index is 0.284. The van der Waals surface area contributed by atoms with Gasteiger partial charge in [-0.2, -0.15) is 0 Å². The highest BCUT2D eigenvalue weighted by Gasteiger charge is 2.02. The molecule has 1 aromatic carbocycles. The summed E-state index contributed by atoms with van der Waals surface area (Å²) in [7, 11) is 1.46. The molecule has 0 heterocycles. The van der Waals surface area contributed by atoms with E-state index in [-0.39, 0.29) is 11.6 Å². The van der Waals surface area contributed by atoms with Crippen molar-refractivity contribution >= 4 is 0 Å². The van der Waals surface area contributed by atoms with Gasteiger partial charge in [-0.15, -0.1) is 0 Å². The maximum atomic E-state index is 13.4. The molecule has 1 rings (SSSR count). The summed E-state index contributed by atoms with van der Waals surface area (Å²) in [4.78, 5) is 0. The molecule has 3 nitrogen and oxygen atoms in total. The van der Waals surface area contributed by atoms with Gasteiger partial charge in [0.05, 0.1) is 7.11 Å². The van der Waals surface area contributed by atoms with Crippen molar-refractivity contribution in [2.75, 3.05) is 26.9 Å². The lowest BCUT2D eigenvalue weighted by molar-refractivity contribution is 0.132. The molecule has 1 aromatic rings. The highest BCUT2D eigenvalue weighted by atomic mass is 19.1. The molecular formula is C14H22FNO2. The SMILES string of the molecule is CCCOCCCNCc1ccc(OC)c(F)c1. The Morgan fingerprint density at radius 2 is 2.11 bits per heavy atom. The third-order valence-corrected chi connectivity index (χ3v) is 2.54. The first-order valence-electron chi connectivity index (χ1n) is 6.38. The molecule has 0 aliphatic rings. The van der Waals surface area contributed by atoms with Gasteiger partial charge in [-0.1, -0.05) is 13.0 Å². The van der Waals surface area contributed by atoms with E-state index in [1.54, 1.807) is 6.07 Å². The second-order valence-corrected chi connectivity index (χ2v) is 4.11. The Morgan fingerprint density at radius 3 is 2.78 bits per heavy atom. The quantitative estimate of drug-likeness (QED) is 0.688. The van der Waals surface area contributed by atoms with Crippen molar-refractivity contribution in [1.29, 1.82) is 0 Å². The summed E-state index contributed by atoms with van der Waals surface area (Å²) in [6, 6.07) is 5.01. The van der Waals surface area contributed by atoms with Crippen molar-refractivity contribution < 1.29 is 13.9 Å². The average molecular weight is 255 g/mol. The zero-order valence-electron chi connectivity index (χ0n) is 11.2. The minimum Gasteiger partial charge on any atom is -0.494 e. The minimum atomic E-state index is -0.317. The van der Waals surface area contributed by atoms with Crippen molar-refractivity contribution in [2.24, 2.45) is 0 Å². The molecule has 0 radical (unpaired) electrons. The molecule has 0 saturated carbocycles. The van der Waals surface area contributed by atoms with E-state index in [2.05, 4.69) is 12.2 Å². The molecule has 0 saturated heterocycles. The van der Waals surface area contributed by atoms with Crippen LogP contribution in [0.25, 0.3) is 0 Å². The third-order valence-electron chi connectivity index (χ3n) is 2.54. The molecule has 0 unspecified atom stereocenters. The molecule has 0 atom stereocenters. The Labute approximate surface area is 108 Å². The molecule has 1 N–H and O–H groups in total. The van der Waals surface area contributed by atoms with Crippen LogP contribution in [0, 0.1) is 5.82 Å². The fraction of sp³-hybridized carbons (Fsp3) is 0.571. The van der Waals surface area contributed by atoms with Crippen LogP contribution in [0.2, 0.25) is 0 Å². The number of hydrogen-bond acceptors (Lipinski definition) is 3. The smallest absolute Gasteiger partial charge is 0.165 e. The van der Waals surface area contributed by atoms with Gasteiger partial charge >= 0.3 is 0 Å². The van der Waals surface area contributed by atoms with E-state index in [4.69, 9.17) is 9.47 Å². The third kappa shape index (κ3) is 5.47. The van der Waals surface area contributed by atoms with Crippen LogP contribution < -0.4 is 10.1 Å². The Balaban J connectivity index is 2.17. The highest BCUT2D eigenvalue weighted by molar-refractivity contribution is 5.29. The van der Waals surface area contributed by atoms with E-state index in [1.807, 2.05) is 6.07 Å². The molecule has 0 aliphatic carbocycles. The summed E-state index contributed by atoms with van der Waals surface area (Å²) in [6.45, 7) is 5.23. The Kier molecular flexibility index (Phi) is 7.37. The molecule has 0 aliphatic heterocycles. The van der Waals surface area contributed by atoms with E-state index >= 15 is 0 Å². The maximum Gasteiger partial charge on any atom is 0.165 e. The van der Waals surface area contributed by atoms with E-state index in [9.17, 15) is 4.39 Å². The first-order valence-corrected chi connectivity index (χ1v) is 6.38. The van der Waals surface area contributed by atoms with Crippen LogP contribution in [0.3, 0.4) is 0 Å². The van der Waals surface area contributed by atoms with Gasteiger partial charge in [-0.3, -0.25) is 0 Å². The van der Waals surface area contributed by atoms with E-state index in [0.29, 0.717) is 6.54 Å². The van der Waals surface area contributed by atoms with Gasteiger partial charge in [0.2, 0.25) is 0 Å². The van der Waals surface area contributed by atoms with Crippen molar-refractivity contribution in [2.45, 2.75) is 26.3 Å². The Hall–Kier alpha value is -1.13. The Morgan fingerprint density at radius 1 is 1.28 bits per heavy atom. The second kappa shape index (κ2) is 8.89. The molecule has 0 aromatic heterocycles. The second-order valence-electron chi connectivity index (χ2n) is 4.11. The summed E-state index contributed by atoms with van der Waals surface area (Å²) in [5, 5.41) is 3.26. The predicted octanol–water partition coefficient (Wildman–Crippen LogP) is 2.74. The number of hydrogen-bond donors (Lipinski definition) is 1. The van der Waals surface area contributed by atoms with Gasteiger partial charge in [-0.25, -0.2) is 4.39 Å². The topological polar surface area (TPSA) is 30.5 Å². The number of halogens is 1. The summed E-state index contributed by atoms with van der Waals surface area (Å²) in [6.07, 6.45) is 2.02. The number of nitrogens with one attached hydrogen (secondary N) is 1. The van der Waals surface area contributed by atoms with Crippen molar-refractivity contribution in [1.82, 2.24) is 5.32 Å². The first-order chi connectivity index (χ1) is 8.77. The van der Waals surface area contributed by atoms with Gasteiger partial charge in [0.25, 0.3) is 0 Å². The number of ether oxygens (including phenoxy) is 2. The number of benzene rings is 1. The van der Waals surface area contributed by atoms with Gasteiger partial charge in [0.1, 0.15) is 0 Å². The molecule has 4 heteroatoms. The summed E-state index contributed by atoms with van der Waals surface area (Å²) < 4.78 is 23.6. The van der Waals surface area contributed by atoms with Gasteiger partial charge < -0.3 is 14.8 Å². The molecule has 0 fully saturated rings. The number of rotatable bonds is 9. The molecule has 0 amide bonds. The van der Waals surface area contributed by atoms with Gasteiger partial charge in [0, 0.05) is 19.8 Å². The van der Waals surface area contributed by atoms with Crippen LogP contribution >= 0.6 is 0 Å². The van der Waals surface area contributed by atoms with Crippen molar-refractivity contribution in [3.8, 4) is 5.75 Å². The molecule has 18 heavy (non-hydrogen) atoms. The monoisotopic (exact) mass is 255 g/mol. The Bertz CT molecular complexity index is 345. The van der Waals surface area contributed by atoms with Crippen LogP contribution in [-0.4, -0.2) is 26.9 Å². The van der Waals surface area contributed by atoms with Gasteiger partial charge in [0.15, 0.2) is 11.6 Å². The van der Waals surface area contributed by atoms with Crippen LogP contribution in [-0.2, 0) is 11.3 Å². The summed E-state index contributed by atoms with van der Waals surface area (Å²) in [5.41, 5.74) is 0.919. The maximum absolute atomic E-state index is 13.4. The van der Waals surface area contributed by atoms with E-state index < -0.39 is 0 Å². The summed E-state index contributed by atoms with van der Waals surface area (Å²) in [5.74, 6) is -0.0326. The largest absolute Gasteiger partial charge is 0.494 e. The standard InChI is InChI=1S/C14H22FNO2/c1-3-8-18-9-4-7-16-11-12-5-6-14(17-2)13(15)10-12/h5-6,10,16H,3-4,7-9,11H2,1-2H3. The zero-order chi connectivity index (χ0) is 13.2. The van der Waals surface area contributed by atoms with Gasteiger partial charge in [-0.05, 0) is 37.1 Å².